The van der Waals surface area contributed by atoms with E-state index in [0.29, 0.717) is 12.8 Å². The molecule has 1 aliphatic heterocycles. The van der Waals surface area contributed by atoms with Gasteiger partial charge in [0, 0.05) is 6.42 Å². The minimum absolute atomic E-state index is 0.0948. The summed E-state index contributed by atoms with van der Waals surface area (Å²) < 4.78 is 17.6. The minimum atomic E-state index is -1.63. The van der Waals surface area contributed by atoms with Crippen LogP contribution in [0, 0.1) is 0 Å². The number of ether oxygens (including phenoxy) is 3. The molecule has 0 aromatic heterocycles. The molecule has 0 aromatic carbocycles. The highest BCUT2D eigenvalue weighted by Crippen LogP contribution is 2.26. The fraction of sp³-hybridized carbons (Fsp3) is 0.765. The Labute approximate surface area is 483 Å². The Morgan fingerprint density at radius 3 is 1.49 bits per heavy atom. The lowest BCUT2D eigenvalue weighted by Crippen LogP contribution is -2.61. The van der Waals surface area contributed by atoms with Gasteiger partial charge in [0.1, 0.15) is 24.4 Å². The van der Waals surface area contributed by atoms with Gasteiger partial charge in [-0.2, -0.15) is 0 Å². The lowest BCUT2D eigenvalue weighted by atomic mass is 9.99. The van der Waals surface area contributed by atoms with Crippen LogP contribution in [-0.2, 0) is 23.8 Å². The van der Waals surface area contributed by atoms with Crippen molar-refractivity contribution in [3.05, 3.63) is 85.1 Å². The number of aliphatic hydroxyl groups excluding tert-OH is 5. The van der Waals surface area contributed by atoms with Gasteiger partial charge in [0.05, 0.1) is 25.4 Å². The summed E-state index contributed by atoms with van der Waals surface area (Å²) in [5.74, 6) is -1.22. The van der Waals surface area contributed by atoms with Crippen molar-refractivity contribution in [2.75, 3.05) is 13.2 Å². The average Bonchev–Trinajstić information content (AvgIpc) is 3.47. The molecule has 1 rings (SSSR count). The van der Waals surface area contributed by atoms with E-state index >= 15 is 0 Å². The Kier molecular flexibility index (Phi) is 51.8. The number of allylic oxidation sites excluding steroid dienone is 13. The summed E-state index contributed by atoms with van der Waals surface area (Å²) in [5, 5.41) is 57.0. The Balaban J connectivity index is 2.60. The van der Waals surface area contributed by atoms with Gasteiger partial charge < -0.3 is 45.1 Å². The van der Waals surface area contributed by atoms with Crippen LogP contribution in [0.3, 0.4) is 0 Å². The van der Waals surface area contributed by atoms with Crippen LogP contribution in [0.4, 0.5) is 0 Å². The number of aliphatic hydroxyl groups is 5. The summed E-state index contributed by atoms with van der Waals surface area (Å²) in [7, 11) is 0. The number of unbranched alkanes of at least 4 members (excludes halogenated alkanes) is 31. The fourth-order valence-corrected chi connectivity index (χ4v) is 9.75. The highest BCUT2D eigenvalue weighted by atomic mass is 16.7. The van der Waals surface area contributed by atoms with Crippen molar-refractivity contribution in [1.82, 2.24) is 5.32 Å². The normalized spacial score (nSPS) is 19.4. The number of rotatable bonds is 54. The average molecular weight is 1110 g/mol. The van der Waals surface area contributed by atoms with Gasteiger partial charge in [-0.05, 0) is 77.0 Å². The lowest BCUT2D eigenvalue weighted by molar-refractivity contribution is -0.305. The van der Waals surface area contributed by atoms with E-state index < -0.39 is 67.4 Å². The van der Waals surface area contributed by atoms with Crippen LogP contribution >= 0.6 is 0 Å². The number of carbonyl (C=O) groups excluding carboxylic acids is 2. The van der Waals surface area contributed by atoms with Crippen molar-refractivity contribution < 1.29 is 49.3 Å². The van der Waals surface area contributed by atoms with Crippen molar-refractivity contribution in [1.29, 1.82) is 0 Å². The second-order valence-corrected chi connectivity index (χ2v) is 22.2. The molecule has 0 radical (unpaired) electrons. The third kappa shape index (κ3) is 43.2. The van der Waals surface area contributed by atoms with E-state index in [1.165, 1.54) is 141 Å². The van der Waals surface area contributed by atoms with Gasteiger partial charge in [0.2, 0.25) is 5.91 Å². The number of hydrogen-bond acceptors (Lipinski definition) is 10. The van der Waals surface area contributed by atoms with Gasteiger partial charge in [-0.15, -0.1) is 0 Å². The molecule has 1 fully saturated rings. The molecule has 1 amide bonds. The number of hydrogen-bond donors (Lipinski definition) is 6. The molecule has 0 aliphatic carbocycles. The first-order valence-corrected chi connectivity index (χ1v) is 32.4. The minimum Gasteiger partial charge on any atom is -0.454 e. The Bertz CT molecular complexity index is 1610. The highest BCUT2D eigenvalue weighted by Gasteiger charge is 2.47. The van der Waals surface area contributed by atoms with Crippen LogP contribution in [0.15, 0.2) is 85.1 Å². The van der Waals surface area contributed by atoms with Gasteiger partial charge in [-0.25, -0.2) is 0 Å². The molecule has 0 spiro atoms. The Hall–Kier alpha value is -3.16. The van der Waals surface area contributed by atoms with Gasteiger partial charge in [0.15, 0.2) is 12.4 Å². The largest absolute Gasteiger partial charge is 0.454 e. The first-order valence-electron chi connectivity index (χ1n) is 32.4. The molecule has 11 nitrogen and oxygen atoms in total. The van der Waals surface area contributed by atoms with E-state index in [9.17, 15) is 35.1 Å². The van der Waals surface area contributed by atoms with Crippen molar-refractivity contribution in [3.8, 4) is 0 Å². The highest BCUT2D eigenvalue weighted by molar-refractivity contribution is 5.80. The monoisotopic (exact) mass is 1110 g/mol. The van der Waals surface area contributed by atoms with Gasteiger partial charge >= 0.3 is 5.97 Å². The molecule has 8 atom stereocenters. The third-order valence-electron chi connectivity index (χ3n) is 14.9. The molecule has 0 bridgehead atoms. The molecule has 1 saturated heterocycles. The maximum Gasteiger partial charge on any atom is 0.306 e. The molecular weight excluding hydrogens is 991 g/mol. The predicted molar refractivity (Wildman–Crippen MR) is 329 cm³/mol. The molecule has 6 N–H and O–H groups in total. The van der Waals surface area contributed by atoms with Crippen molar-refractivity contribution in [2.45, 2.75) is 320 Å². The summed E-state index contributed by atoms with van der Waals surface area (Å²) in [4.78, 5) is 26.5. The van der Waals surface area contributed by atoms with E-state index in [1.807, 2.05) is 42.5 Å². The summed E-state index contributed by atoms with van der Waals surface area (Å²) in [5.41, 5.74) is 0. The number of nitrogens with one attached hydrogen (secondary N) is 1. The van der Waals surface area contributed by atoms with E-state index in [4.69, 9.17) is 14.2 Å². The zero-order valence-electron chi connectivity index (χ0n) is 50.5. The van der Waals surface area contributed by atoms with Gasteiger partial charge in [0.25, 0.3) is 0 Å². The smallest absolute Gasteiger partial charge is 0.306 e. The van der Waals surface area contributed by atoms with E-state index in [-0.39, 0.29) is 19.4 Å². The first-order chi connectivity index (χ1) is 38.7. The number of amides is 1. The van der Waals surface area contributed by atoms with Crippen LogP contribution in [0.5, 0.6) is 0 Å². The number of esters is 1. The summed E-state index contributed by atoms with van der Waals surface area (Å²) in [6.45, 7) is 5.61. The predicted octanol–water partition coefficient (Wildman–Crippen LogP) is 15.7. The molecule has 1 aliphatic rings. The second kappa shape index (κ2) is 55.4. The third-order valence-corrected chi connectivity index (χ3v) is 14.9. The molecule has 79 heavy (non-hydrogen) atoms. The summed E-state index contributed by atoms with van der Waals surface area (Å²) >= 11 is 0. The zero-order chi connectivity index (χ0) is 57.5. The molecule has 1 heterocycles. The van der Waals surface area contributed by atoms with E-state index in [2.05, 4.69) is 62.5 Å². The molecule has 0 saturated carbocycles. The molecule has 456 valence electrons. The molecule has 0 aromatic rings. The van der Waals surface area contributed by atoms with Crippen LogP contribution < -0.4 is 5.32 Å². The first kappa shape index (κ1) is 73.9. The van der Waals surface area contributed by atoms with Crippen molar-refractivity contribution in [2.24, 2.45) is 0 Å². The zero-order valence-corrected chi connectivity index (χ0v) is 50.5. The molecule has 11 heteroatoms. The van der Waals surface area contributed by atoms with Crippen molar-refractivity contribution in [3.63, 3.8) is 0 Å². The quantitative estimate of drug-likeness (QED) is 0.0149. The topological polar surface area (TPSA) is 175 Å². The van der Waals surface area contributed by atoms with E-state index in [1.54, 1.807) is 6.08 Å². The second-order valence-electron chi connectivity index (χ2n) is 22.2. The van der Waals surface area contributed by atoms with Crippen LogP contribution in [0.1, 0.15) is 271 Å². The summed E-state index contributed by atoms with van der Waals surface area (Å²) in [6, 6.07) is -1.03. The SMILES string of the molecule is CC/C=C/C=C/C=C/C=C\CCCCCCCC(=O)OC1C(OCC(NC(=O)C(O)CCCCCCCCCCCCCCCC/C=C\C/C=C\CCCCC)C(O)/C=C/CCCCCCCCCCC)OC(CO)C(O)C1O. The Morgan fingerprint density at radius 1 is 0.519 bits per heavy atom. The fourth-order valence-electron chi connectivity index (χ4n) is 9.75. The van der Waals surface area contributed by atoms with Gasteiger partial charge in [-0.1, -0.05) is 273 Å². The molecule has 8 unspecified atom stereocenters. The lowest BCUT2D eigenvalue weighted by Gasteiger charge is -2.41. The summed E-state index contributed by atoms with van der Waals surface area (Å²) in [6.07, 6.45) is 62.0. The van der Waals surface area contributed by atoms with E-state index in [0.717, 1.165) is 83.5 Å². The maximum absolute atomic E-state index is 13.4. The van der Waals surface area contributed by atoms with Crippen LogP contribution in [0.2, 0.25) is 0 Å². The van der Waals surface area contributed by atoms with Gasteiger partial charge in [-0.3, -0.25) is 9.59 Å². The maximum atomic E-state index is 13.4. The van der Waals surface area contributed by atoms with Crippen LogP contribution in [0.25, 0.3) is 0 Å². The Morgan fingerprint density at radius 2 is 0.962 bits per heavy atom. The number of carbonyl (C=O) groups is 2. The van der Waals surface area contributed by atoms with Crippen LogP contribution in [-0.4, -0.2) is 99.6 Å². The van der Waals surface area contributed by atoms with Crippen molar-refractivity contribution >= 4 is 11.9 Å². The standard InChI is InChI=1S/C68H119NO10/c1-4-7-10-13-16-19-22-24-26-27-28-29-30-31-32-33-34-36-37-40-43-46-49-52-55-61(72)67(76)69-59(60(71)54-51-48-45-42-39-21-18-15-12-9-6-3)58-77-68-66(65(75)64(74)62(57-70)78-68)79-63(73)56-53-50-47-44-41-38-35-25-23-20-17-14-11-8-5-2/h8,11,14,16-17,19-20,23-26,35,51,54,59-62,64-66,68,70-72,74-75H,4-7,9-10,12-13,15,18,21-22,27-34,36-50,52-53,55-58H2,1-3H3,(H,69,76)/b11-8+,17-14+,19-16-,23-20+,26-24-,35-25-,54-51+. The molecular formula is C68H119NO10.